The number of halogens is 1. The number of carbonyl (C=O) groups is 3. The van der Waals surface area contributed by atoms with Gasteiger partial charge in [-0.15, -0.1) is 11.3 Å². The molecule has 0 spiro atoms. The molecule has 6 nitrogen and oxygen atoms in total. The third kappa shape index (κ3) is 6.28. The molecule has 0 radical (unpaired) electrons. The number of rotatable bonds is 8. The van der Waals surface area contributed by atoms with Gasteiger partial charge in [0.2, 0.25) is 0 Å². The summed E-state index contributed by atoms with van der Waals surface area (Å²) >= 11 is 7.68. The average Bonchev–Trinajstić information content (AvgIpc) is 3.22. The first-order chi connectivity index (χ1) is 14.9. The molecule has 0 saturated carbocycles. The fourth-order valence-corrected chi connectivity index (χ4v) is 3.98. The minimum Gasteiger partial charge on any atom is -0.481 e. The van der Waals surface area contributed by atoms with Gasteiger partial charge in [0.15, 0.2) is 0 Å². The third-order valence-corrected chi connectivity index (χ3v) is 5.60. The van der Waals surface area contributed by atoms with Crippen LogP contribution in [0.15, 0.2) is 72.4 Å². The second kappa shape index (κ2) is 10.6. The number of carboxylic acid groups (broad SMARTS) is 1. The van der Waals surface area contributed by atoms with Crippen molar-refractivity contribution in [1.82, 2.24) is 10.6 Å². The van der Waals surface area contributed by atoms with Crippen LogP contribution >= 0.6 is 22.9 Å². The summed E-state index contributed by atoms with van der Waals surface area (Å²) in [6.45, 7) is -0.0535. The highest BCUT2D eigenvalue weighted by atomic mass is 35.5. The standard InChI is InChI=1S/C23H19ClN2O4S/c24-18-9-5-4-8-17(18)20-11-10-16(31-20)14-19(23(30)25-13-12-21(27)28)26-22(29)15-6-2-1-3-7-15/h1-11,14H,12-13H2,(H,25,30)(H,26,29)(H,27,28)/b19-14+. The number of carboxylic acids is 1. The van der Waals surface area contributed by atoms with E-state index in [4.69, 9.17) is 16.7 Å². The summed E-state index contributed by atoms with van der Waals surface area (Å²) in [5, 5.41) is 14.5. The first kappa shape index (κ1) is 22.3. The maximum absolute atomic E-state index is 12.6. The van der Waals surface area contributed by atoms with E-state index in [0.29, 0.717) is 10.6 Å². The van der Waals surface area contributed by atoms with E-state index in [-0.39, 0.29) is 18.7 Å². The molecule has 0 atom stereocenters. The van der Waals surface area contributed by atoms with Gasteiger partial charge < -0.3 is 15.7 Å². The smallest absolute Gasteiger partial charge is 0.305 e. The van der Waals surface area contributed by atoms with Gasteiger partial charge in [-0.05, 0) is 36.4 Å². The van der Waals surface area contributed by atoms with Crippen molar-refractivity contribution in [3.63, 3.8) is 0 Å². The van der Waals surface area contributed by atoms with Crippen LogP contribution in [0.5, 0.6) is 0 Å². The third-order valence-electron chi connectivity index (χ3n) is 4.21. The fraction of sp³-hybridized carbons (Fsp3) is 0.0870. The Kier molecular flexibility index (Phi) is 7.59. The summed E-state index contributed by atoms with van der Waals surface area (Å²) in [6.07, 6.45) is 1.34. The molecule has 3 aromatic rings. The Morgan fingerprint density at radius 2 is 1.68 bits per heavy atom. The zero-order valence-electron chi connectivity index (χ0n) is 16.3. The van der Waals surface area contributed by atoms with Crippen LogP contribution in [0.1, 0.15) is 21.7 Å². The van der Waals surface area contributed by atoms with Gasteiger partial charge in [0.25, 0.3) is 11.8 Å². The highest BCUT2D eigenvalue weighted by Crippen LogP contribution is 2.33. The van der Waals surface area contributed by atoms with Crippen LogP contribution in [0.25, 0.3) is 16.5 Å². The molecule has 1 heterocycles. The van der Waals surface area contributed by atoms with Crippen molar-refractivity contribution >= 4 is 46.8 Å². The van der Waals surface area contributed by atoms with Gasteiger partial charge in [-0.25, -0.2) is 0 Å². The van der Waals surface area contributed by atoms with Gasteiger partial charge in [-0.2, -0.15) is 0 Å². The normalized spacial score (nSPS) is 11.1. The monoisotopic (exact) mass is 454 g/mol. The van der Waals surface area contributed by atoms with Crippen molar-refractivity contribution in [2.45, 2.75) is 6.42 Å². The molecule has 0 unspecified atom stereocenters. The van der Waals surface area contributed by atoms with E-state index in [0.717, 1.165) is 15.3 Å². The van der Waals surface area contributed by atoms with E-state index < -0.39 is 17.8 Å². The maximum atomic E-state index is 12.6. The van der Waals surface area contributed by atoms with Gasteiger partial charge in [0.1, 0.15) is 5.70 Å². The number of benzene rings is 2. The predicted octanol–water partition coefficient (Wildman–Crippen LogP) is 4.43. The topological polar surface area (TPSA) is 95.5 Å². The lowest BCUT2D eigenvalue weighted by Crippen LogP contribution is -2.35. The van der Waals surface area contributed by atoms with Crippen LogP contribution in [0.3, 0.4) is 0 Å². The Bertz CT molecular complexity index is 1130. The lowest BCUT2D eigenvalue weighted by molar-refractivity contribution is -0.136. The Morgan fingerprint density at radius 1 is 0.968 bits per heavy atom. The van der Waals surface area contributed by atoms with Crippen molar-refractivity contribution in [1.29, 1.82) is 0 Å². The van der Waals surface area contributed by atoms with Crippen LogP contribution in [-0.4, -0.2) is 29.4 Å². The zero-order chi connectivity index (χ0) is 22.2. The van der Waals surface area contributed by atoms with Gasteiger partial charge in [0, 0.05) is 32.4 Å². The molecular weight excluding hydrogens is 436 g/mol. The molecule has 0 fully saturated rings. The van der Waals surface area contributed by atoms with Crippen molar-refractivity contribution in [2.24, 2.45) is 0 Å². The van der Waals surface area contributed by atoms with E-state index in [1.807, 2.05) is 30.3 Å². The molecule has 2 aromatic carbocycles. The lowest BCUT2D eigenvalue weighted by Gasteiger charge is -2.10. The van der Waals surface area contributed by atoms with E-state index in [1.54, 1.807) is 42.5 Å². The highest BCUT2D eigenvalue weighted by Gasteiger charge is 2.15. The second-order valence-corrected chi connectivity index (χ2v) is 7.98. The van der Waals surface area contributed by atoms with Crippen molar-refractivity contribution in [2.75, 3.05) is 6.54 Å². The Labute approximate surface area is 188 Å². The fourth-order valence-electron chi connectivity index (χ4n) is 2.70. The lowest BCUT2D eigenvalue weighted by atomic mass is 10.2. The summed E-state index contributed by atoms with van der Waals surface area (Å²) in [5.41, 5.74) is 1.29. The number of aliphatic carboxylic acids is 1. The molecule has 0 bridgehead atoms. The molecule has 158 valence electrons. The summed E-state index contributed by atoms with van der Waals surface area (Å²) in [6, 6.07) is 19.6. The molecule has 2 amide bonds. The van der Waals surface area contributed by atoms with Crippen molar-refractivity contribution < 1.29 is 19.5 Å². The van der Waals surface area contributed by atoms with E-state index in [9.17, 15) is 14.4 Å². The summed E-state index contributed by atoms with van der Waals surface area (Å²) in [4.78, 5) is 37.6. The number of carbonyl (C=O) groups excluding carboxylic acids is 2. The summed E-state index contributed by atoms with van der Waals surface area (Å²) in [5.74, 6) is -2.04. The zero-order valence-corrected chi connectivity index (χ0v) is 17.9. The number of hydrogen-bond donors (Lipinski definition) is 3. The van der Waals surface area contributed by atoms with Gasteiger partial charge in [-0.3, -0.25) is 14.4 Å². The number of nitrogens with one attached hydrogen (secondary N) is 2. The maximum Gasteiger partial charge on any atom is 0.305 e. The Hall–Kier alpha value is -3.42. The molecule has 0 saturated heterocycles. The predicted molar refractivity (Wildman–Crippen MR) is 122 cm³/mol. The average molecular weight is 455 g/mol. The summed E-state index contributed by atoms with van der Waals surface area (Å²) in [7, 11) is 0. The molecule has 3 N–H and O–H groups in total. The van der Waals surface area contributed by atoms with Crippen LogP contribution < -0.4 is 10.6 Å². The van der Waals surface area contributed by atoms with Gasteiger partial charge >= 0.3 is 5.97 Å². The second-order valence-electron chi connectivity index (χ2n) is 6.46. The molecule has 31 heavy (non-hydrogen) atoms. The molecule has 1 aromatic heterocycles. The summed E-state index contributed by atoms with van der Waals surface area (Å²) < 4.78 is 0. The van der Waals surface area contributed by atoms with Gasteiger partial charge in [-0.1, -0.05) is 48.0 Å². The Balaban J connectivity index is 1.85. The molecular formula is C23H19ClN2O4S. The number of thiophene rings is 1. The Morgan fingerprint density at radius 3 is 2.39 bits per heavy atom. The van der Waals surface area contributed by atoms with E-state index in [1.165, 1.54) is 11.3 Å². The van der Waals surface area contributed by atoms with E-state index in [2.05, 4.69) is 10.6 Å². The van der Waals surface area contributed by atoms with Crippen LogP contribution in [0.4, 0.5) is 0 Å². The van der Waals surface area contributed by atoms with Crippen LogP contribution in [0, 0.1) is 0 Å². The molecule has 0 aliphatic heterocycles. The van der Waals surface area contributed by atoms with E-state index >= 15 is 0 Å². The minimum absolute atomic E-state index is 0.0202. The van der Waals surface area contributed by atoms with Gasteiger partial charge in [0.05, 0.1) is 6.42 Å². The SMILES string of the molecule is O=C(O)CCNC(=O)/C(=C\c1ccc(-c2ccccc2Cl)s1)NC(=O)c1ccccc1. The largest absolute Gasteiger partial charge is 0.481 e. The minimum atomic E-state index is -1.03. The van der Waals surface area contributed by atoms with Crippen molar-refractivity contribution in [3.05, 3.63) is 87.9 Å². The number of hydrogen-bond acceptors (Lipinski definition) is 4. The molecule has 0 aliphatic carbocycles. The molecule has 3 rings (SSSR count). The number of amides is 2. The van der Waals surface area contributed by atoms with Crippen LogP contribution in [-0.2, 0) is 9.59 Å². The first-order valence-electron chi connectivity index (χ1n) is 9.37. The van der Waals surface area contributed by atoms with Crippen LogP contribution in [0.2, 0.25) is 5.02 Å². The van der Waals surface area contributed by atoms with Crippen molar-refractivity contribution in [3.8, 4) is 10.4 Å². The quantitative estimate of drug-likeness (QED) is 0.439. The molecule has 0 aliphatic rings. The highest BCUT2D eigenvalue weighted by molar-refractivity contribution is 7.16. The first-order valence-corrected chi connectivity index (χ1v) is 10.6. The molecule has 8 heteroatoms.